The number of nitrogens with one attached hydrogen (secondary N) is 1. The first-order valence-corrected chi connectivity index (χ1v) is 5.23. The van der Waals surface area contributed by atoms with Crippen LogP contribution in [0.1, 0.15) is 29.3 Å². The van der Waals surface area contributed by atoms with Crippen molar-refractivity contribution >= 4 is 5.91 Å². The van der Waals surface area contributed by atoms with Crippen LogP contribution in [0, 0.1) is 12.7 Å². The van der Waals surface area contributed by atoms with E-state index in [2.05, 4.69) is 5.32 Å². The van der Waals surface area contributed by atoms with Crippen LogP contribution in [0.25, 0.3) is 0 Å². The largest absolute Gasteiger partial charge is 0.393 e. The summed E-state index contributed by atoms with van der Waals surface area (Å²) in [6.45, 7) is 3.74. The molecule has 4 heteroatoms. The van der Waals surface area contributed by atoms with E-state index in [1.807, 2.05) is 0 Å². The number of aliphatic hydroxyl groups excluding tert-OH is 1. The number of benzene rings is 1. The maximum Gasteiger partial charge on any atom is 0.254 e. The molecule has 1 aromatic rings. The lowest BCUT2D eigenvalue weighted by Crippen LogP contribution is -2.27. The zero-order valence-electron chi connectivity index (χ0n) is 9.46. The van der Waals surface area contributed by atoms with Crippen LogP contribution in [0.4, 0.5) is 4.39 Å². The Balaban J connectivity index is 2.59. The van der Waals surface area contributed by atoms with Crippen molar-refractivity contribution in [2.24, 2.45) is 0 Å². The Morgan fingerprint density at radius 1 is 1.56 bits per heavy atom. The minimum absolute atomic E-state index is 0.0381. The van der Waals surface area contributed by atoms with Crippen LogP contribution in [0.15, 0.2) is 18.2 Å². The summed E-state index contributed by atoms with van der Waals surface area (Å²) in [5.41, 5.74) is 0.814. The maximum absolute atomic E-state index is 13.4. The van der Waals surface area contributed by atoms with Gasteiger partial charge in [0.2, 0.25) is 0 Å². The lowest BCUT2D eigenvalue weighted by Gasteiger charge is -2.07. The molecule has 3 nitrogen and oxygen atoms in total. The molecule has 88 valence electrons. The van der Waals surface area contributed by atoms with Gasteiger partial charge < -0.3 is 10.4 Å². The first-order chi connectivity index (χ1) is 7.50. The summed E-state index contributed by atoms with van der Waals surface area (Å²) in [5.74, 6) is -0.965. The van der Waals surface area contributed by atoms with Gasteiger partial charge in [0.05, 0.1) is 11.7 Å². The van der Waals surface area contributed by atoms with Gasteiger partial charge in [0, 0.05) is 6.54 Å². The monoisotopic (exact) mass is 225 g/mol. The number of hydrogen-bond donors (Lipinski definition) is 2. The van der Waals surface area contributed by atoms with E-state index in [-0.39, 0.29) is 5.56 Å². The fourth-order valence-electron chi connectivity index (χ4n) is 1.29. The summed E-state index contributed by atoms with van der Waals surface area (Å²) >= 11 is 0. The minimum Gasteiger partial charge on any atom is -0.393 e. The van der Waals surface area contributed by atoms with E-state index < -0.39 is 17.8 Å². The highest BCUT2D eigenvalue weighted by molar-refractivity contribution is 5.94. The summed E-state index contributed by atoms with van der Waals surface area (Å²) in [6, 6.07) is 4.47. The molecule has 1 rings (SSSR count). The molecule has 0 aliphatic heterocycles. The second-order valence-electron chi connectivity index (χ2n) is 3.88. The predicted molar refractivity (Wildman–Crippen MR) is 59.8 cm³/mol. The van der Waals surface area contributed by atoms with Crippen molar-refractivity contribution in [3.63, 3.8) is 0 Å². The number of halogens is 1. The molecule has 1 amide bonds. The van der Waals surface area contributed by atoms with E-state index in [0.29, 0.717) is 13.0 Å². The fraction of sp³-hybridized carbons (Fsp3) is 0.417. The quantitative estimate of drug-likeness (QED) is 0.818. The molecule has 0 heterocycles. The Bertz CT molecular complexity index is 377. The number of rotatable bonds is 4. The van der Waals surface area contributed by atoms with Crippen molar-refractivity contribution in [3.05, 3.63) is 35.1 Å². The number of aliphatic hydroxyl groups is 1. The average molecular weight is 225 g/mol. The first kappa shape index (κ1) is 12.6. The van der Waals surface area contributed by atoms with E-state index in [9.17, 15) is 9.18 Å². The molecular formula is C12H16FNO2. The van der Waals surface area contributed by atoms with E-state index >= 15 is 0 Å². The summed E-state index contributed by atoms with van der Waals surface area (Å²) in [5, 5.41) is 11.6. The van der Waals surface area contributed by atoms with Crippen LogP contribution in [0.5, 0.6) is 0 Å². The highest BCUT2D eigenvalue weighted by Gasteiger charge is 2.10. The highest BCUT2D eigenvalue weighted by atomic mass is 19.1. The summed E-state index contributed by atoms with van der Waals surface area (Å²) in [4.78, 5) is 11.5. The molecule has 0 spiro atoms. The molecule has 0 radical (unpaired) electrons. The van der Waals surface area contributed by atoms with Gasteiger partial charge in [-0.15, -0.1) is 0 Å². The Labute approximate surface area is 94.3 Å². The number of aryl methyl sites for hydroxylation is 1. The van der Waals surface area contributed by atoms with Gasteiger partial charge in [0.25, 0.3) is 5.91 Å². The van der Waals surface area contributed by atoms with Crippen LogP contribution in [0.3, 0.4) is 0 Å². The number of carbonyl (C=O) groups is 1. The van der Waals surface area contributed by atoms with E-state index in [1.165, 1.54) is 12.1 Å². The van der Waals surface area contributed by atoms with Crippen molar-refractivity contribution in [2.45, 2.75) is 26.4 Å². The van der Waals surface area contributed by atoms with E-state index in [4.69, 9.17) is 5.11 Å². The molecule has 1 unspecified atom stereocenters. The number of amides is 1. The van der Waals surface area contributed by atoms with Crippen molar-refractivity contribution in [1.29, 1.82) is 0 Å². The molecule has 1 atom stereocenters. The maximum atomic E-state index is 13.4. The molecule has 0 fully saturated rings. The van der Waals surface area contributed by atoms with Gasteiger partial charge in [0.1, 0.15) is 5.82 Å². The van der Waals surface area contributed by atoms with Gasteiger partial charge in [-0.05, 0) is 38.0 Å². The summed E-state index contributed by atoms with van der Waals surface area (Å²) in [6.07, 6.45) is -0.0117. The van der Waals surface area contributed by atoms with E-state index in [0.717, 1.165) is 5.56 Å². The predicted octanol–water partition coefficient (Wildman–Crippen LogP) is 1.63. The average Bonchev–Trinajstić information content (AvgIpc) is 2.16. The third-order valence-electron chi connectivity index (χ3n) is 2.22. The number of carbonyl (C=O) groups excluding carboxylic acids is 1. The summed E-state index contributed by atoms with van der Waals surface area (Å²) < 4.78 is 13.4. The molecule has 0 bridgehead atoms. The molecule has 0 aromatic heterocycles. The van der Waals surface area contributed by atoms with Crippen LogP contribution in [0.2, 0.25) is 0 Å². The Morgan fingerprint density at radius 2 is 2.25 bits per heavy atom. The molecular weight excluding hydrogens is 209 g/mol. The molecule has 2 N–H and O–H groups in total. The van der Waals surface area contributed by atoms with Gasteiger partial charge in [-0.2, -0.15) is 0 Å². The molecule has 0 aliphatic carbocycles. The highest BCUT2D eigenvalue weighted by Crippen LogP contribution is 2.09. The SMILES string of the molecule is Cc1ccc(C(=O)NCCC(C)O)c(F)c1. The lowest BCUT2D eigenvalue weighted by molar-refractivity contribution is 0.0941. The van der Waals surface area contributed by atoms with Gasteiger partial charge >= 0.3 is 0 Å². The van der Waals surface area contributed by atoms with Gasteiger partial charge in [-0.3, -0.25) is 4.79 Å². The second kappa shape index (κ2) is 5.61. The standard InChI is InChI=1S/C12H16FNO2/c1-8-3-4-10(11(13)7-8)12(16)14-6-5-9(2)15/h3-4,7,9,15H,5-6H2,1-2H3,(H,14,16). The zero-order chi connectivity index (χ0) is 12.1. The van der Waals surface area contributed by atoms with Crippen LogP contribution in [-0.4, -0.2) is 23.7 Å². The molecule has 0 saturated carbocycles. The Kier molecular flexibility index (Phi) is 4.43. The molecule has 0 aliphatic rings. The second-order valence-corrected chi connectivity index (χ2v) is 3.88. The van der Waals surface area contributed by atoms with Gasteiger partial charge in [-0.25, -0.2) is 4.39 Å². The fourth-order valence-corrected chi connectivity index (χ4v) is 1.29. The molecule has 1 aromatic carbocycles. The first-order valence-electron chi connectivity index (χ1n) is 5.23. The minimum atomic E-state index is -0.519. The summed E-state index contributed by atoms with van der Waals surface area (Å²) in [7, 11) is 0. The van der Waals surface area contributed by atoms with Gasteiger partial charge in [0.15, 0.2) is 0 Å². The lowest BCUT2D eigenvalue weighted by atomic mass is 10.1. The third-order valence-corrected chi connectivity index (χ3v) is 2.22. The van der Waals surface area contributed by atoms with Crippen molar-refractivity contribution in [1.82, 2.24) is 5.32 Å². The van der Waals surface area contributed by atoms with E-state index in [1.54, 1.807) is 19.9 Å². The Morgan fingerprint density at radius 3 is 2.81 bits per heavy atom. The van der Waals surface area contributed by atoms with Crippen LogP contribution >= 0.6 is 0 Å². The van der Waals surface area contributed by atoms with Crippen LogP contribution < -0.4 is 5.32 Å². The third kappa shape index (κ3) is 3.62. The molecule has 16 heavy (non-hydrogen) atoms. The Hall–Kier alpha value is -1.42. The zero-order valence-corrected chi connectivity index (χ0v) is 9.46. The normalized spacial score (nSPS) is 12.2. The number of hydrogen-bond acceptors (Lipinski definition) is 2. The van der Waals surface area contributed by atoms with Crippen molar-refractivity contribution in [3.8, 4) is 0 Å². The molecule has 0 saturated heterocycles. The van der Waals surface area contributed by atoms with Crippen molar-refractivity contribution < 1.29 is 14.3 Å². The van der Waals surface area contributed by atoms with Gasteiger partial charge in [-0.1, -0.05) is 6.07 Å². The van der Waals surface area contributed by atoms with Crippen molar-refractivity contribution in [2.75, 3.05) is 6.54 Å². The van der Waals surface area contributed by atoms with Crippen LogP contribution in [-0.2, 0) is 0 Å². The topological polar surface area (TPSA) is 49.3 Å². The smallest absolute Gasteiger partial charge is 0.254 e.